The number of aliphatic hydroxyl groups excluding tert-OH is 2. The maximum Gasteiger partial charge on any atom is 0.213 e. The van der Waals surface area contributed by atoms with Crippen molar-refractivity contribution in [2.75, 3.05) is 54.2 Å². The zero-order chi connectivity index (χ0) is 53.2. The van der Waals surface area contributed by atoms with Crippen LogP contribution >= 0.6 is 31.9 Å². The molecule has 0 aliphatic rings. The summed E-state index contributed by atoms with van der Waals surface area (Å²) in [4.78, 5) is 17.1. The van der Waals surface area contributed by atoms with E-state index in [1.807, 2.05) is 0 Å². The van der Waals surface area contributed by atoms with Crippen LogP contribution in [-0.2, 0) is 31.2 Å². The molecule has 2 aromatic carbocycles. The molecule has 74 heavy (non-hydrogen) atoms. The quantitative estimate of drug-likeness (QED) is 0.0844. The second-order valence-electron chi connectivity index (χ2n) is 15.6. The Kier molecular flexibility index (Phi) is 17.9. The van der Waals surface area contributed by atoms with Crippen molar-refractivity contribution in [1.29, 1.82) is 0 Å². The molecule has 22 nitrogen and oxygen atoms in total. The first kappa shape index (κ1) is 54.7. The first-order chi connectivity index (χ1) is 35.5. The fourth-order valence-corrected chi connectivity index (χ4v) is 10.5. The molecule has 0 radical (unpaired) electrons. The first-order valence-electron chi connectivity index (χ1n) is 21.9. The Morgan fingerprint density at radius 2 is 0.838 bits per heavy atom. The lowest BCUT2D eigenvalue weighted by Crippen LogP contribution is -2.19. The number of hydrogen-bond acceptors (Lipinski definition) is 20. The van der Waals surface area contributed by atoms with Gasteiger partial charge in [0.1, 0.15) is 69.5 Å². The van der Waals surface area contributed by atoms with Crippen LogP contribution < -0.4 is 28.4 Å². The summed E-state index contributed by atoms with van der Waals surface area (Å²) in [6.07, 6.45) is 0.330. The number of benzene rings is 2. The number of aromatic nitrogens is 10. The molecule has 6 heterocycles. The summed E-state index contributed by atoms with van der Waals surface area (Å²) in [5, 5.41) is 38.0. The van der Waals surface area contributed by atoms with Gasteiger partial charge in [0.25, 0.3) is 0 Å². The normalized spacial score (nSPS) is 12.2. The highest BCUT2D eigenvalue weighted by Gasteiger charge is 2.30. The smallest absolute Gasteiger partial charge is 0.213 e. The van der Waals surface area contributed by atoms with Gasteiger partial charge in [-0.3, -0.25) is 19.1 Å². The van der Waals surface area contributed by atoms with E-state index >= 15 is 0 Å². The number of nitrogens with zero attached hydrogens (tertiary/aromatic N) is 10. The van der Waals surface area contributed by atoms with Crippen molar-refractivity contribution in [3.8, 4) is 69.2 Å². The molecule has 0 amide bonds. The van der Waals surface area contributed by atoms with Gasteiger partial charge in [-0.05, 0) is 92.5 Å². The zero-order valence-electron chi connectivity index (χ0n) is 40.4. The Morgan fingerprint density at radius 1 is 0.486 bits per heavy atom. The van der Waals surface area contributed by atoms with E-state index in [1.54, 1.807) is 97.1 Å². The van der Waals surface area contributed by atoms with E-state index in [0.717, 1.165) is 0 Å². The minimum Gasteiger partial charge on any atom is -0.494 e. The van der Waals surface area contributed by atoms with Crippen LogP contribution in [0.1, 0.15) is 35.2 Å². The van der Waals surface area contributed by atoms with Crippen molar-refractivity contribution in [3.05, 3.63) is 141 Å². The molecule has 0 saturated carbocycles. The molecule has 0 aliphatic heterocycles. The summed E-state index contributed by atoms with van der Waals surface area (Å²) in [6.45, 7) is 0. The lowest BCUT2D eigenvalue weighted by atomic mass is 10.2. The maximum atomic E-state index is 13.2. The Labute approximate surface area is 442 Å². The van der Waals surface area contributed by atoms with Crippen LogP contribution in [0.25, 0.3) is 34.4 Å². The van der Waals surface area contributed by atoms with E-state index in [2.05, 4.69) is 72.2 Å². The monoisotopic (exact) mass is 1180 g/mol. The molecule has 8 rings (SSSR count). The third kappa shape index (κ3) is 13.0. The number of sulfone groups is 2. The lowest BCUT2D eigenvalue weighted by Gasteiger charge is -2.17. The van der Waals surface area contributed by atoms with Gasteiger partial charge in [0.15, 0.2) is 43.0 Å². The van der Waals surface area contributed by atoms with Gasteiger partial charge in [-0.15, -0.1) is 20.4 Å². The number of aliphatic hydroxyl groups is 2. The molecule has 388 valence electrons. The summed E-state index contributed by atoms with van der Waals surface area (Å²) < 4.78 is 90.1. The van der Waals surface area contributed by atoms with Gasteiger partial charge in [-0.25, -0.2) is 26.8 Å². The van der Waals surface area contributed by atoms with Gasteiger partial charge in [0, 0.05) is 33.5 Å². The molecule has 26 heteroatoms. The average Bonchev–Trinajstić information content (AvgIpc) is 4.01. The summed E-state index contributed by atoms with van der Waals surface area (Å²) in [5.74, 6) is 0.785. The third-order valence-corrected chi connectivity index (χ3v) is 14.7. The Hall–Kier alpha value is -7.10. The number of halogens is 2. The molecule has 0 bridgehead atoms. The van der Waals surface area contributed by atoms with Gasteiger partial charge in [0.05, 0.1) is 65.6 Å². The summed E-state index contributed by atoms with van der Waals surface area (Å²) in [5.41, 5.74) is 2.06. The van der Waals surface area contributed by atoms with Crippen LogP contribution in [-0.4, -0.2) is 131 Å². The summed E-state index contributed by atoms with van der Waals surface area (Å²) in [7, 11) is 1.15. The number of pyridine rings is 4. The fourth-order valence-electron chi connectivity index (χ4n) is 7.36. The number of hydrogen-bond donors (Lipinski definition) is 2. The Bertz CT molecular complexity index is 3170. The number of methoxy groups -OCH3 is 6. The average molecular weight is 1180 g/mol. The minimum absolute atomic E-state index is 0.0818. The number of para-hydroxylation sites is 2. The van der Waals surface area contributed by atoms with Crippen molar-refractivity contribution in [2.24, 2.45) is 0 Å². The van der Waals surface area contributed by atoms with Crippen LogP contribution in [0.5, 0.6) is 34.8 Å². The third-order valence-electron chi connectivity index (χ3n) is 10.7. The van der Waals surface area contributed by atoms with E-state index < -0.39 is 54.9 Å². The SMILES string of the molecule is COc1cccc(-c2nnc(CS(=O)(=O)C[C@@H](O)c3ccc(Br)cn3)n2-c2c(OC)cccc2OC)n1.COc1cccc(-c2nnc(CS(=O)(=O)C[C@H](O)c3ccc(Br)cn3)n2-c2c(OC)cccc2OC)n1. The largest absolute Gasteiger partial charge is 0.494 e. The maximum absolute atomic E-state index is 13.2. The molecule has 0 spiro atoms. The van der Waals surface area contributed by atoms with Crippen LogP contribution in [0.15, 0.2) is 118 Å². The predicted molar refractivity (Wildman–Crippen MR) is 277 cm³/mol. The fraction of sp³-hybridized carbons (Fsp3) is 0.250. The first-order valence-corrected chi connectivity index (χ1v) is 27.1. The molecular weight excluding hydrogens is 1130 g/mol. The van der Waals surface area contributed by atoms with E-state index in [1.165, 1.54) is 64.2 Å². The highest BCUT2D eigenvalue weighted by molar-refractivity contribution is 9.10. The lowest BCUT2D eigenvalue weighted by molar-refractivity contribution is 0.196. The van der Waals surface area contributed by atoms with Crippen LogP contribution in [0.3, 0.4) is 0 Å². The second kappa shape index (κ2) is 24.3. The van der Waals surface area contributed by atoms with Gasteiger partial charge in [-0.1, -0.05) is 24.3 Å². The van der Waals surface area contributed by atoms with Gasteiger partial charge < -0.3 is 38.6 Å². The molecule has 8 aromatic rings. The molecule has 0 aliphatic carbocycles. The van der Waals surface area contributed by atoms with Crippen molar-refractivity contribution in [3.63, 3.8) is 0 Å². The number of ether oxygens (including phenoxy) is 6. The highest BCUT2D eigenvalue weighted by atomic mass is 79.9. The zero-order valence-corrected chi connectivity index (χ0v) is 45.2. The Balaban J connectivity index is 0.000000216. The molecule has 0 fully saturated rings. The molecule has 6 aromatic heterocycles. The molecule has 2 atom stereocenters. The van der Waals surface area contributed by atoms with Crippen LogP contribution in [0.2, 0.25) is 0 Å². The molecular formula is C48H48Br2N10O12S2. The van der Waals surface area contributed by atoms with Crippen LogP contribution in [0.4, 0.5) is 0 Å². The van der Waals surface area contributed by atoms with E-state index in [4.69, 9.17) is 28.4 Å². The van der Waals surface area contributed by atoms with Crippen molar-refractivity contribution in [1.82, 2.24) is 49.5 Å². The van der Waals surface area contributed by atoms with Crippen molar-refractivity contribution < 1.29 is 55.5 Å². The predicted octanol–water partition coefficient (Wildman–Crippen LogP) is 6.32. The van der Waals surface area contributed by atoms with E-state index in [-0.39, 0.29) is 34.7 Å². The number of rotatable bonds is 20. The molecule has 2 N–H and O–H groups in total. The van der Waals surface area contributed by atoms with Gasteiger partial charge >= 0.3 is 0 Å². The van der Waals surface area contributed by atoms with E-state index in [0.29, 0.717) is 66.5 Å². The standard InChI is InChI=1S/2C24H24BrN5O6S/c2*1-34-19-7-5-8-20(35-2)23(19)30-21(28-29-24(30)17-6-4-9-22(27-17)36-3)14-37(32,33)13-18(31)16-11-10-15(25)12-26-16/h2*4-12,18,31H,13-14H2,1-3H3/t2*18-/m10/s1. The Morgan fingerprint density at radius 3 is 1.15 bits per heavy atom. The topological polar surface area (TPSA) is 277 Å². The van der Waals surface area contributed by atoms with Crippen molar-refractivity contribution >= 4 is 51.5 Å². The highest BCUT2D eigenvalue weighted by Crippen LogP contribution is 2.38. The molecule has 0 unspecified atom stereocenters. The van der Waals surface area contributed by atoms with Crippen molar-refractivity contribution in [2.45, 2.75) is 23.7 Å². The van der Waals surface area contributed by atoms with Gasteiger partial charge in [0.2, 0.25) is 11.8 Å². The summed E-state index contributed by atoms with van der Waals surface area (Å²) in [6, 6.07) is 27.0. The van der Waals surface area contributed by atoms with Crippen LogP contribution in [0, 0.1) is 0 Å². The van der Waals surface area contributed by atoms with Gasteiger partial charge in [-0.2, -0.15) is 0 Å². The molecule has 0 saturated heterocycles. The van der Waals surface area contributed by atoms with E-state index in [9.17, 15) is 27.0 Å². The summed E-state index contributed by atoms with van der Waals surface area (Å²) >= 11 is 6.54. The second-order valence-corrected chi connectivity index (χ2v) is 21.7. The minimum atomic E-state index is -3.90.